The maximum Gasteiger partial charge on any atom is 0.116 e. The van der Waals surface area contributed by atoms with Crippen LogP contribution in [0.1, 0.15) is 91.9 Å². The molecule has 2 atom stereocenters. The molecule has 0 aliphatic heterocycles. The number of rotatable bonds is 13. The zero-order valence-electron chi connectivity index (χ0n) is 16.7. The Morgan fingerprint density at radius 3 is 2.04 bits per heavy atom. The summed E-state index contributed by atoms with van der Waals surface area (Å²) in [5, 5.41) is 0. The minimum atomic E-state index is 0.802. The van der Waals surface area contributed by atoms with Gasteiger partial charge in [0.05, 0.1) is 17.2 Å². The lowest BCUT2D eigenvalue weighted by molar-refractivity contribution is 0.447. The highest BCUT2D eigenvalue weighted by Gasteiger charge is 2.21. The van der Waals surface area contributed by atoms with E-state index in [1.54, 1.807) is 0 Å². The van der Waals surface area contributed by atoms with Crippen molar-refractivity contribution in [3.63, 3.8) is 0 Å². The number of allylic oxidation sites excluding steroid dienone is 7. The molecule has 0 amide bonds. The lowest BCUT2D eigenvalue weighted by atomic mass is 9.84. The van der Waals surface area contributed by atoms with Gasteiger partial charge in [0, 0.05) is 18.9 Å². The summed E-state index contributed by atoms with van der Waals surface area (Å²) in [7, 11) is 0. The molecular weight excluding hydrogens is 288 g/mol. The van der Waals surface area contributed by atoms with Crippen LogP contribution < -0.4 is 0 Å². The zero-order valence-corrected chi connectivity index (χ0v) is 16.7. The first-order valence-electron chi connectivity index (χ1n) is 10.3. The van der Waals surface area contributed by atoms with Crippen molar-refractivity contribution in [2.45, 2.75) is 91.9 Å². The summed E-state index contributed by atoms with van der Waals surface area (Å²) in [6.07, 6.45) is 23.1. The van der Waals surface area contributed by atoms with Gasteiger partial charge in [-0.2, -0.15) is 0 Å². The van der Waals surface area contributed by atoms with Crippen molar-refractivity contribution < 1.29 is 0 Å². The van der Waals surface area contributed by atoms with Gasteiger partial charge in [-0.3, -0.25) is 0 Å². The fraction of sp³-hybridized carbons (Fsp3) is 0.667. The topological polar surface area (TPSA) is 0 Å². The third kappa shape index (κ3) is 7.18. The minimum Gasteiger partial charge on any atom is -0.0961 e. The first-order valence-corrected chi connectivity index (χ1v) is 10.3. The summed E-state index contributed by atoms with van der Waals surface area (Å²) in [4.78, 5) is 0. The second-order valence-corrected chi connectivity index (χ2v) is 7.38. The van der Waals surface area contributed by atoms with Crippen LogP contribution in [-0.4, -0.2) is 0 Å². The summed E-state index contributed by atoms with van der Waals surface area (Å²) in [5.74, 6) is 1.61. The first-order chi connectivity index (χ1) is 11.7. The van der Waals surface area contributed by atoms with E-state index in [9.17, 15) is 0 Å². The Balaban J connectivity index is 2.75. The Kier molecular flexibility index (Phi) is 10.7. The fourth-order valence-corrected chi connectivity index (χ4v) is 3.58. The van der Waals surface area contributed by atoms with E-state index >= 15 is 0 Å². The van der Waals surface area contributed by atoms with Crippen molar-refractivity contribution in [2.75, 3.05) is 0 Å². The third-order valence-corrected chi connectivity index (χ3v) is 5.46. The van der Waals surface area contributed by atoms with Gasteiger partial charge in [-0.25, -0.2) is 0 Å². The Labute approximate surface area is 151 Å². The van der Waals surface area contributed by atoms with E-state index in [4.69, 9.17) is 0 Å². The van der Waals surface area contributed by atoms with Crippen molar-refractivity contribution in [2.24, 2.45) is 11.8 Å². The van der Waals surface area contributed by atoms with E-state index in [1.165, 1.54) is 80.9 Å². The van der Waals surface area contributed by atoms with E-state index in [1.807, 2.05) is 6.08 Å². The molecule has 2 unspecified atom stereocenters. The highest BCUT2D eigenvalue weighted by molar-refractivity contribution is 5.47. The predicted octanol–water partition coefficient (Wildman–Crippen LogP) is 7.98. The van der Waals surface area contributed by atoms with Gasteiger partial charge < -0.3 is 0 Å². The van der Waals surface area contributed by atoms with Gasteiger partial charge in [-0.1, -0.05) is 79.2 Å². The Hall–Kier alpha value is -1.13. The van der Waals surface area contributed by atoms with Gasteiger partial charge in [0.1, 0.15) is 11.6 Å². The van der Waals surface area contributed by atoms with Crippen molar-refractivity contribution in [1.82, 2.24) is 0 Å². The van der Waals surface area contributed by atoms with Crippen LogP contribution in [0.3, 0.4) is 0 Å². The lowest BCUT2D eigenvalue weighted by Crippen LogP contribution is -2.05. The second-order valence-electron chi connectivity index (χ2n) is 7.38. The van der Waals surface area contributed by atoms with Crippen LogP contribution in [0.4, 0.5) is 0 Å². The molecule has 0 aromatic rings. The molecule has 0 radical (unpaired) electrons. The van der Waals surface area contributed by atoms with Crippen LogP contribution in [0.5, 0.6) is 0 Å². The summed E-state index contributed by atoms with van der Waals surface area (Å²) < 4.78 is 0. The third-order valence-electron chi connectivity index (χ3n) is 5.46. The molecule has 0 fully saturated rings. The van der Waals surface area contributed by atoms with Crippen LogP contribution in [0, 0.1) is 17.9 Å². The summed E-state index contributed by atoms with van der Waals surface area (Å²) in [5.41, 5.74) is 4.15. The number of hydrogen-bond acceptors (Lipinski definition) is 0. The van der Waals surface area contributed by atoms with Gasteiger partial charge >= 0.3 is 0 Å². The molecule has 134 valence electrons. The number of hydrogen-bond donors (Lipinski definition) is 0. The Bertz CT molecular complexity index is 447. The summed E-state index contributed by atoms with van der Waals surface area (Å²) in [6, 6.07) is 0. The molecule has 0 spiro atoms. The van der Waals surface area contributed by atoms with Crippen LogP contribution in [0.15, 0.2) is 41.5 Å². The minimum absolute atomic E-state index is 0.802. The average molecular weight is 328 g/mol. The van der Waals surface area contributed by atoms with Crippen molar-refractivity contribution in [3.05, 3.63) is 47.6 Å². The highest BCUT2D eigenvalue weighted by atomic mass is 14.2. The SMILES string of the molecule is C=CC1=C(CC(CC)CCCC)C=[C+]C(CC(CC)CCCC)=C1. The van der Waals surface area contributed by atoms with Crippen LogP contribution >= 0.6 is 0 Å². The monoisotopic (exact) mass is 327 g/mol. The van der Waals surface area contributed by atoms with Gasteiger partial charge in [0.25, 0.3) is 0 Å². The molecule has 0 aromatic heterocycles. The van der Waals surface area contributed by atoms with Crippen LogP contribution in [0.2, 0.25) is 0 Å². The molecule has 0 N–H and O–H groups in total. The maximum absolute atomic E-state index is 4.06. The fourth-order valence-electron chi connectivity index (χ4n) is 3.58. The van der Waals surface area contributed by atoms with Crippen molar-refractivity contribution >= 4 is 0 Å². The largest absolute Gasteiger partial charge is 0.116 e. The van der Waals surface area contributed by atoms with Crippen molar-refractivity contribution in [1.29, 1.82) is 0 Å². The van der Waals surface area contributed by atoms with Crippen LogP contribution in [0.25, 0.3) is 0 Å². The standard InChI is InChI=1S/C24H39/c1-6-11-13-20(8-3)17-22-15-16-24(23(10-5)19-22)18-21(9-4)14-12-7-2/h10,16,19-21H,5-9,11-14,17-18H2,1-4H3/q+1. The lowest BCUT2D eigenvalue weighted by Gasteiger charge is -2.16. The normalized spacial score (nSPS) is 16.6. The quantitative estimate of drug-likeness (QED) is 0.301. The Morgan fingerprint density at radius 1 is 0.958 bits per heavy atom. The zero-order chi connectivity index (χ0) is 17.8. The van der Waals surface area contributed by atoms with E-state index in [0.29, 0.717) is 0 Å². The molecular formula is C24H39+. The molecule has 0 heterocycles. The van der Waals surface area contributed by atoms with Gasteiger partial charge in [0.2, 0.25) is 0 Å². The molecule has 24 heavy (non-hydrogen) atoms. The van der Waals surface area contributed by atoms with Crippen molar-refractivity contribution in [3.8, 4) is 0 Å². The van der Waals surface area contributed by atoms with Gasteiger partial charge in [-0.05, 0) is 24.3 Å². The molecule has 0 saturated carbocycles. The van der Waals surface area contributed by atoms with E-state index in [0.717, 1.165) is 11.8 Å². The van der Waals surface area contributed by atoms with E-state index in [2.05, 4.69) is 52.5 Å². The molecule has 1 rings (SSSR count). The van der Waals surface area contributed by atoms with Gasteiger partial charge in [0.15, 0.2) is 0 Å². The predicted molar refractivity (Wildman–Crippen MR) is 109 cm³/mol. The Morgan fingerprint density at radius 2 is 1.54 bits per heavy atom. The maximum atomic E-state index is 4.06. The molecule has 0 bridgehead atoms. The van der Waals surface area contributed by atoms with Crippen LogP contribution in [-0.2, 0) is 0 Å². The van der Waals surface area contributed by atoms with Gasteiger partial charge in [-0.15, -0.1) is 0 Å². The molecule has 0 aromatic carbocycles. The van der Waals surface area contributed by atoms with E-state index in [-0.39, 0.29) is 0 Å². The summed E-state index contributed by atoms with van der Waals surface area (Å²) in [6.45, 7) is 13.3. The first kappa shape index (κ1) is 20.9. The molecule has 0 saturated heterocycles. The smallest absolute Gasteiger partial charge is 0.0961 e. The van der Waals surface area contributed by atoms with E-state index < -0.39 is 0 Å². The molecule has 1 aliphatic carbocycles. The second kappa shape index (κ2) is 12.3. The average Bonchev–Trinajstić information content (AvgIpc) is 2.62. The summed E-state index contributed by atoms with van der Waals surface area (Å²) >= 11 is 0. The highest BCUT2D eigenvalue weighted by Crippen LogP contribution is 2.30. The molecule has 0 heteroatoms. The molecule has 1 aliphatic rings. The molecule has 0 nitrogen and oxygen atoms in total. The number of unbranched alkanes of at least 4 members (excludes halogenated alkanes) is 2.